The standard InChI is InChI=1S/C10H20ClNS/c1-2-10-9-12(7-8-13-10)6-4-3-5-11/h10H,2-9H2,1H3. The summed E-state index contributed by atoms with van der Waals surface area (Å²) in [6.45, 7) is 6.12. The van der Waals surface area contributed by atoms with Crippen molar-refractivity contribution in [2.24, 2.45) is 0 Å². The molecule has 1 nitrogen and oxygen atoms in total. The Hall–Kier alpha value is 0.600. The Kier molecular flexibility index (Phi) is 6.26. The van der Waals surface area contributed by atoms with Crippen LogP contribution in [-0.4, -0.2) is 41.4 Å². The third kappa shape index (κ3) is 4.57. The number of halogens is 1. The third-order valence-corrected chi connectivity index (χ3v) is 4.18. The largest absolute Gasteiger partial charge is 0.301 e. The van der Waals surface area contributed by atoms with E-state index in [0.717, 1.165) is 11.1 Å². The molecule has 1 rings (SSSR count). The zero-order valence-electron chi connectivity index (χ0n) is 8.47. The van der Waals surface area contributed by atoms with Gasteiger partial charge in [0.2, 0.25) is 0 Å². The van der Waals surface area contributed by atoms with Crippen molar-refractivity contribution in [2.75, 3.05) is 31.3 Å². The van der Waals surface area contributed by atoms with Gasteiger partial charge in [0, 0.05) is 30.0 Å². The maximum atomic E-state index is 5.65. The summed E-state index contributed by atoms with van der Waals surface area (Å²) in [7, 11) is 0. The van der Waals surface area contributed by atoms with Crippen molar-refractivity contribution < 1.29 is 0 Å². The molecule has 1 heterocycles. The molecule has 3 heteroatoms. The molecule has 0 aromatic carbocycles. The van der Waals surface area contributed by atoms with E-state index in [2.05, 4.69) is 23.6 Å². The number of alkyl halides is 1. The lowest BCUT2D eigenvalue weighted by molar-refractivity contribution is 0.277. The summed E-state index contributed by atoms with van der Waals surface area (Å²) >= 11 is 7.79. The zero-order chi connectivity index (χ0) is 9.52. The van der Waals surface area contributed by atoms with Gasteiger partial charge in [0.25, 0.3) is 0 Å². The number of unbranched alkanes of at least 4 members (excludes halogenated alkanes) is 1. The first-order chi connectivity index (χ1) is 6.36. The second kappa shape index (κ2) is 6.97. The van der Waals surface area contributed by atoms with Gasteiger partial charge in [0.1, 0.15) is 0 Å². The SMILES string of the molecule is CCC1CN(CCCCCl)CCS1. The van der Waals surface area contributed by atoms with Crippen molar-refractivity contribution in [1.82, 2.24) is 4.90 Å². The van der Waals surface area contributed by atoms with Crippen LogP contribution in [0.2, 0.25) is 0 Å². The van der Waals surface area contributed by atoms with Crippen LogP contribution in [0.25, 0.3) is 0 Å². The lowest BCUT2D eigenvalue weighted by atomic mass is 10.2. The van der Waals surface area contributed by atoms with Crippen molar-refractivity contribution in [3.63, 3.8) is 0 Å². The maximum Gasteiger partial charge on any atom is 0.0223 e. The van der Waals surface area contributed by atoms with E-state index in [1.165, 1.54) is 44.6 Å². The van der Waals surface area contributed by atoms with E-state index >= 15 is 0 Å². The van der Waals surface area contributed by atoms with Crippen LogP contribution in [0.1, 0.15) is 26.2 Å². The van der Waals surface area contributed by atoms with Gasteiger partial charge in [-0.15, -0.1) is 11.6 Å². The van der Waals surface area contributed by atoms with Crippen molar-refractivity contribution in [3.05, 3.63) is 0 Å². The molecule has 0 aliphatic carbocycles. The third-order valence-electron chi connectivity index (χ3n) is 2.54. The van der Waals surface area contributed by atoms with Crippen molar-refractivity contribution in [1.29, 1.82) is 0 Å². The molecule has 0 aromatic rings. The van der Waals surface area contributed by atoms with Crippen LogP contribution in [0.15, 0.2) is 0 Å². The van der Waals surface area contributed by atoms with Crippen LogP contribution in [0.5, 0.6) is 0 Å². The van der Waals surface area contributed by atoms with E-state index in [1.807, 2.05) is 0 Å². The highest BCUT2D eigenvalue weighted by Crippen LogP contribution is 2.21. The van der Waals surface area contributed by atoms with Gasteiger partial charge in [0.05, 0.1) is 0 Å². The number of hydrogen-bond donors (Lipinski definition) is 0. The first kappa shape index (κ1) is 11.7. The molecular formula is C10H20ClNS. The molecule has 0 amide bonds. The fourth-order valence-corrected chi connectivity index (χ4v) is 3.10. The first-order valence-electron chi connectivity index (χ1n) is 5.26. The molecule has 1 aliphatic rings. The van der Waals surface area contributed by atoms with Gasteiger partial charge < -0.3 is 4.90 Å². The summed E-state index contributed by atoms with van der Waals surface area (Å²) in [6.07, 6.45) is 3.75. The number of rotatable bonds is 5. The van der Waals surface area contributed by atoms with E-state index in [4.69, 9.17) is 11.6 Å². The van der Waals surface area contributed by atoms with Gasteiger partial charge in [-0.2, -0.15) is 11.8 Å². The van der Waals surface area contributed by atoms with Gasteiger partial charge in [-0.05, 0) is 25.8 Å². The summed E-state index contributed by atoms with van der Waals surface area (Å²) in [5.41, 5.74) is 0. The highest BCUT2D eigenvalue weighted by molar-refractivity contribution is 8.00. The number of hydrogen-bond acceptors (Lipinski definition) is 2. The van der Waals surface area contributed by atoms with Gasteiger partial charge in [-0.1, -0.05) is 6.92 Å². The molecule has 1 saturated heterocycles. The molecular weight excluding hydrogens is 202 g/mol. The van der Waals surface area contributed by atoms with Crippen LogP contribution in [0, 0.1) is 0 Å². The smallest absolute Gasteiger partial charge is 0.0223 e. The minimum Gasteiger partial charge on any atom is -0.301 e. The molecule has 1 unspecified atom stereocenters. The quantitative estimate of drug-likeness (QED) is 0.519. The van der Waals surface area contributed by atoms with Crippen LogP contribution >= 0.6 is 23.4 Å². The lowest BCUT2D eigenvalue weighted by Gasteiger charge is -2.31. The Labute approximate surface area is 91.2 Å². The summed E-state index contributed by atoms with van der Waals surface area (Å²) in [6, 6.07) is 0. The topological polar surface area (TPSA) is 3.24 Å². The Morgan fingerprint density at radius 2 is 2.31 bits per heavy atom. The van der Waals surface area contributed by atoms with E-state index < -0.39 is 0 Å². The van der Waals surface area contributed by atoms with Crippen LogP contribution < -0.4 is 0 Å². The lowest BCUT2D eigenvalue weighted by Crippen LogP contribution is -2.38. The summed E-state index contributed by atoms with van der Waals surface area (Å²) in [4.78, 5) is 2.59. The second-order valence-corrected chi connectivity index (χ2v) is 5.38. The zero-order valence-corrected chi connectivity index (χ0v) is 10.0. The summed E-state index contributed by atoms with van der Waals surface area (Å²) in [5, 5.41) is 0.879. The van der Waals surface area contributed by atoms with E-state index in [0.29, 0.717) is 0 Å². The van der Waals surface area contributed by atoms with E-state index in [9.17, 15) is 0 Å². The van der Waals surface area contributed by atoms with Crippen molar-refractivity contribution >= 4 is 23.4 Å². The minimum absolute atomic E-state index is 0.819. The predicted octanol–water partition coefficient (Wildman–Crippen LogP) is 2.83. The van der Waals surface area contributed by atoms with Crippen LogP contribution in [-0.2, 0) is 0 Å². The fourth-order valence-electron chi connectivity index (χ4n) is 1.66. The summed E-state index contributed by atoms with van der Waals surface area (Å²) in [5.74, 6) is 2.14. The second-order valence-electron chi connectivity index (χ2n) is 3.60. The molecule has 0 saturated carbocycles. The van der Waals surface area contributed by atoms with Gasteiger partial charge in [-0.25, -0.2) is 0 Å². The molecule has 1 atom stereocenters. The Morgan fingerprint density at radius 1 is 1.46 bits per heavy atom. The van der Waals surface area contributed by atoms with Gasteiger partial charge >= 0.3 is 0 Å². The number of nitrogens with zero attached hydrogens (tertiary/aromatic N) is 1. The Bertz CT molecular complexity index is 132. The average molecular weight is 222 g/mol. The van der Waals surface area contributed by atoms with Crippen LogP contribution in [0.4, 0.5) is 0 Å². The molecule has 1 fully saturated rings. The van der Waals surface area contributed by atoms with Crippen molar-refractivity contribution in [3.8, 4) is 0 Å². The molecule has 0 N–H and O–H groups in total. The molecule has 13 heavy (non-hydrogen) atoms. The highest BCUT2D eigenvalue weighted by Gasteiger charge is 2.17. The maximum absolute atomic E-state index is 5.65. The summed E-state index contributed by atoms with van der Waals surface area (Å²) < 4.78 is 0. The Balaban J connectivity index is 2.11. The normalized spacial score (nSPS) is 24.9. The van der Waals surface area contributed by atoms with E-state index in [-0.39, 0.29) is 0 Å². The number of thioether (sulfide) groups is 1. The molecule has 1 aliphatic heterocycles. The predicted molar refractivity (Wildman–Crippen MR) is 62.9 cm³/mol. The first-order valence-corrected chi connectivity index (χ1v) is 6.85. The monoisotopic (exact) mass is 221 g/mol. The van der Waals surface area contributed by atoms with Gasteiger partial charge in [0.15, 0.2) is 0 Å². The molecule has 0 aromatic heterocycles. The highest BCUT2D eigenvalue weighted by atomic mass is 35.5. The van der Waals surface area contributed by atoms with Crippen molar-refractivity contribution in [2.45, 2.75) is 31.4 Å². The minimum atomic E-state index is 0.819. The fraction of sp³-hybridized carbons (Fsp3) is 1.00. The average Bonchev–Trinajstić information content (AvgIpc) is 2.19. The Morgan fingerprint density at radius 3 is 3.00 bits per heavy atom. The van der Waals surface area contributed by atoms with Crippen LogP contribution in [0.3, 0.4) is 0 Å². The van der Waals surface area contributed by atoms with E-state index in [1.54, 1.807) is 0 Å². The molecule has 0 radical (unpaired) electrons. The molecule has 0 spiro atoms. The molecule has 78 valence electrons. The molecule has 0 bridgehead atoms. The van der Waals surface area contributed by atoms with Gasteiger partial charge in [-0.3, -0.25) is 0 Å².